The van der Waals surface area contributed by atoms with Crippen molar-refractivity contribution in [1.82, 2.24) is 19.9 Å². The molecule has 0 aliphatic carbocycles. The van der Waals surface area contributed by atoms with Gasteiger partial charge >= 0.3 is 0 Å². The summed E-state index contributed by atoms with van der Waals surface area (Å²) >= 11 is 5.78. The maximum Gasteiger partial charge on any atom is 0.244 e. The molecule has 2 heterocycles. The number of rotatable bonds is 6. The Kier molecular flexibility index (Phi) is 4.33. The molecule has 98 valence electrons. The largest absolute Gasteiger partial charge is 0.474 e. The summed E-state index contributed by atoms with van der Waals surface area (Å²) < 4.78 is 10.9. The quantitative estimate of drug-likeness (QED) is 0.642. The molecule has 0 radical (unpaired) electrons. The Balaban J connectivity index is 1.93. The van der Waals surface area contributed by atoms with Crippen molar-refractivity contribution in [2.24, 2.45) is 5.92 Å². The lowest BCUT2D eigenvalue weighted by Crippen LogP contribution is -2.11. The second-order valence-electron chi connectivity index (χ2n) is 4.22. The summed E-state index contributed by atoms with van der Waals surface area (Å²) in [6.45, 7) is 5.83. The third-order valence-corrected chi connectivity index (χ3v) is 2.31. The van der Waals surface area contributed by atoms with Crippen molar-refractivity contribution in [3.05, 3.63) is 11.6 Å². The SMILES string of the molecule is CC(C)COCCOc1nc(Cl)nc2nc[nH]c12. The van der Waals surface area contributed by atoms with Gasteiger partial charge in [0.05, 0.1) is 12.9 Å². The summed E-state index contributed by atoms with van der Waals surface area (Å²) in [4.78, 5) is 14.9. The lowest BCUT2D eigenvalue weighted by Gasteiger charge is -2.08. The van der Waals surface area contributed by atoms with Crippen molar-refractivity contribution in [2.75, 3.05) is 19.8 Å². The van der Waals surface area contributed by atoms with E-state index in [1.165, 1.54) is 6.33 Å². The summed E-state index contributed by atoms with van der Waals surface area (Å²) in [5.41, 5.74) is 1.14. The van der Waals surface area contributed by atoms with Crippen LogP contribution in [0.3, 0.4) is 0 Å². The van der Waals surface area contributed by atoms with Gasteiger partial charge in [-0.05, 0) is 17.5 Å². The van der Waals surface area contributed by atoms with Crippen molar-refractivity contribution in [3.8, 4) is 5.88 Å². The highest BCUT2D eigenvalue weighted by Crippen LogP contribution is 2.20. The molecule has 0 aliphatic heterocycles. The molecule has 2 aromatic heterocycles. The number of nitrogens with one attached hydrogen (secondary N) is 1. The first-order valence-electron chi connectivity index (χ1n) is 5.74. The molecule has 0 unspecified atom stereocenters. The predicted octanol–water partition coefficient (Wildman–Crippen LogP) is 2.06. The summed E-state index contributed by atoms with van der Waals surface area (Å²) in [6, 6.07) is 0. The van der Waals surface area contributed by atoms with Gasteiger partial charge in [0.2, 0.25) is 11.2 Å². The van der Waals surface area contributed by atoms with Gasteiger partial charge < -0.3 is 14.5 Å². The molecule has 0 aromatic carbocycles. The molecule has 0 amide bonds. The van der Waals surface area contributed by atoms with Crippen molar-refractivity contribution in [1.29, 1.82) is 0 Å². The zero-order chi connectivity index (χ0) is 13.0. The van der Waals surface area contributed by atoms with Gasteiger partial charge in [0.15, 0.2) is 5.65 Å². The Hall–Kier alpha value is -1.40. The summed E-state index contributed by atoms with van der Waals surface area (Å²) in [5.74, 6) is 0.911. The van der Waals surface area contributed by atoms with Crippen LogP contribution in [-0.4, -0.2) is 39.8 Å². The molecule has 7 heteroatoms. The number of ether oxygens (including phenoxy) is 2. The van der Waals surface area contributed by atoms with E-state index >= 15 is 0 Å². The monoisotopic (exact) mass is 270 g/mol. The Labute approximate surface area is 110 Å². The molecular formula is C11H15ClN4O2. The van der Waals surface area contributed by atoms with Crippen LogP contribution in [0.5, 0.6) is 5.88 Å². The molecular weight excluding hydrogens is 256 g/mol. The topological polar surface area (TPSA) is 72.9 Å². The van der Waals surface area contributed by atoms with E-state index in [-0.39, 0.29) is 5.28 Å². The molecule has 1 N–H and O–H groups in total. The maximum atomic E-state index is 5.78. The molecule has 6 nitrogen and oxygen atoms in total. The molecule has 0 bridgehead atoms. The molecule has 0 fully saturated rings. The van der Waals surface area contributed by atoms with Crippen LogP contribution in [0.15, 0.2) is 6.33 Å². The fourth-order valence-corrected chi connectivity index (χ4v) is 1.56. The van der Waals surface area contributed by atoms with Gasteiger partial charge in [-0.1, -0.05) is 13.8 Å². The van der Waals surface area contributed by atoms with E-state index in [0.29, 0.717) is 42.8 Å². The minimum Gasteiger partial charge on any atom is -0.474 e. The lowest BCUT2D eigenvalue weighted by molar-refractivity contribution is 0.0810. The van der Waals surface area contributed by atoms with Crippen LogP contribution >= 0.6 is 11.6 Å². The van der Waals surface area contributed by atoms with Crippen molar-refractivity contribution in [2.45, 2.75) is 13.8 Å². The number of H-pyrrole nitrogens is 1. The molecule has 2 rings (SSSR count). The first-order valence-corrected chi connectivity index (χ1v) is 6.11. The average Bonchev–Trinajstić information content (AvgIpc) is 2.75. The van der Waals surface area contributed by atoms with Gasteiger partial charge in [0, 0.05) is 6.61 Å². The van der Waals surface area contributed by atoms with E-state index in [9.17, 15) is 0 Å². The molecule has 2 aromatic rings. The summed E-state index contributed by atoms with van der Waals surface area (Å²) in [7, 11) is 0. The van der Waals surface area contributed by atoms with Gasteiger partial charge in [-0.15, -0.1) is 0 Å². The summed E-state index contributed by atoms with van der Waals surface area (Å²) in [5, 5.41) is 0.118. The number of halogens is 1. The third kappa shape index (κ3) is 3.30. The van der Waals surface area contributed by atoms with Gasteiger partial charge in [-0.3, -0.25) is 0 Å². The maximum absolute atomic E-state index is 5.78. The molecule has 18 heavy (non-hydrogen) atoms. The van der Waals surface area contributed by atoms with Crippen LogP contribution in [0.4, 0.5) is 0 Å². The fraction of sp³-hybridized carbons (Fsp3) is 0.545. The van der Waals surface area contributed by atoms with E-state index in [4.69, 9.17) is 21.1 Å². The van der Waals surface area contributed by atoms with Crippen LogP contribution < -0.4 is 4.74 Å². The molecule has 0 spiro atoms. The van der Waals surface area contributed by atoms with Gasteiger partial charge in [-0.2, -0.15) is 9.97 Å². The zero-order valence-electron chi connectivity index (χ0n) is 10.3. The average molecular weight is 271 g/mol. The first-order chi connectivity index (χ1) is 8.66. The van der Waals surface area contributed by atoms with Crippen molar-refractivity contribution < 1.29 is 9.47 Å². The van der Waals surface area contributed by atoms with Gasteiger partial charge in [0.25, 0.3) is 0 Å². The van der Waals surface area contributed by atoms with Gasteiger partial charge in [0.1, 0.15) is 12.1 Å². The predicted molar refractivity (Wildman–Crippen MR) is 67.8 cm³/mol. The van der Waals surface area contributed by atoms with E-state index in [1.807, 2.05) is 0 Å². The molecule has 0 aliphatic rings. The second kappa shape index (κ2) is 5.97. The van der Waals surface area contributed by atoms with E-state index in [2.05, 4.69) is 33.8 Å². The number of hydrogen-bond donors (Lipinski definition) is 1. The highest BCUT2D eigenvalue weighted by Gasteiger charge is 2.09. The highest BCUT2D eigenvalue weighted by molar-refractivity contribution is 6.28. The highest BCUT2D eigenvalue weighted by atomic mass is 35.5. The molecule has 0 atom stereocenters. The number of fused-ring (bicyclic) bond motifs is 1. The van der Waals surface area contributed by atoms with Crippen LogP contribution in [-0.2, 0) is 4.74 Å². The van der Waals surface area contributed by atoms with Crippen LogP contribution in [0.2, 0.25) is 5.28 Å². The van der Waals surface area contributed by atoms with E-state index in [1.54, 1.807) is 0 Å². The molecule has 0 saturated carbocycles. The minimum atomic E-state index is 0.118. The van der Waals surface area contributed by atoms with Crippen LogP contribution in [0, 0.1) is 5.92 Å². The Morgan fingerprint density at radius 2 is 2.17 bits per heavy atom. The van der Waals surface area contributed by atoms with Gasteiger partial charge in [-0.25, -0.2) is 4.98 Å². The Morgan fingerprint density at radius 1 is 1.33 bits per heavy atom. The van der Waals surface area contributed by atoms with Crippen LogP contribution in [0.1, 0.15) is 13.8 Å². The second-order valence-corrected chi connectivity index (χ2v) is 4.55. The third-order valence-electron chi connectivity index (χ3n) is 2.14. The minimum absolute atomic E-state index is 0.118. The normalized spacial score (nSPS) is 11.3. The van der Waals surface area contributed by atoms with E-state index in [0.717, 1.165) is 0 Å². The Bertz CT molecular complexity index is 515. The number of hydrogen-bond acceptors (Lipinski definition) is 5. The number of imidazole rings is 1. The fourth-order valence-electron chi connectivity index (χ4n) is 1.40. The smallest absolute Gasteiger partial charge is 0.244 e. The Morgan fingerprint density at radius 3 is 2.94 bits per heavy atom. The zero-order valence-corrected chi connectivity index (χ0v) is 11.1. The van der Waals surface area contributed by atoms with Crippen molar-refractivity contribution in [3.63, 3.8) is 0 Å². The van der Waals surface area contributed by atoms with Crippen LogP contribution in [0.25, 0.3) is 11.2 Å². The standard InChI is InChI=1S/C11H15ClN4O2/c1-7(2)5-17-3-4-18-10-8-9(14-6-13-8)15-11(12)16-10/h6-7H,3-5H2,1-2H3,(H,13,14,15,16). The number of aromatic amines is 1. The number of aromatic nitrogens is 4. The first kappa shape index (κ1) is 13.0. The molecule has 0 saturated heterocycles. The summed E-state index contributed by atoms with van der Waals surface area (Å²) in [6.07, 6.45) is 1.53. The number of nitrogens with zero attached hydrogens (tertiary/aromatic N) is 3. The van der Waals surface area contributed by atoms with E-state index < -0.39 is 0 Å². The lowest BCUT2D eigenvalue weighted by atomic mass is 10.2. The van der Waals surface area contributed by atoms with Crippen molar-refractivity contribution >= 4 is 22.8 Å².